The number of nitrogens with two attached hydrogens (primary N) is 1. The smallest absolute Gasteiger partial charge is 0.389 e. The van der Waals surface area contributed by atoms with Gasteiger partial charge in [0.15, 0.2) is 5.69 Å². The standard InChI is InChI=1S/C18H24N6O/c1-5-12-8-16(22-18(19)24(12)4)15-11-21-17-14(15)9-13(10-20-17)25-7-6-23(2)3/h8-11H,5-7H2,1-4H3,(H2,19,20,21,22)/p+1. The van der Waals surface area contributed by atoms with Crippen LogP contribution in [0.15, 0.2) is 24.5 Å². The molecule has 25 heavy (non-hydrogen) atoms. The molecule has 0 radical (unpaired) electrons. The van der Waals surface area contributed by atoms with Crippen molar-refractivity contribution in [1.29, 1.82) is 0 Å². The fraction of sp³-hybridized carbons (Fsp3) is 0.389. The Balaban J connectivity index is 1.98. The SMILES string of the molecule is CCc1cc(-c2c[nH]c3ncc(OCCN(C)C)cc23)nc(N)[n+]1C. The molecular formula is C18H25N6O+. The molecule has 0 amide bonds. The van der Waals surface area contributed by atoms with E-state index in [1.165, 1.54) is 0 Å². The predicted octanol–water partition coefficient (Wildman–Crippen LogP) is 1.53. The second-order valence-corrected chi connectivity index (χ2v) is 6.32. The van der Waals surface area contributed by atoms with Crippen molar-refractivity contribution in [1.82, 2.24) is 19.9 Å². The van der Waals surface area contributed by atoms with Crippen LogP contribution in [0, 0.1) is 0 Å². The summed E-state index contributed by atoms with van der Waals surface area (Å²) in [6, 6.07) is 4.07. The van der Waals surface area contributed by atoms with Crippen LogP contribution in [0.4, 0.5) is 5.95 Å². The van der Waals surface area contributed by atoms with Gasteiger partial charge in [0.25, 0.3) is 0 Å². The highest BCUT2D eigenvalue weighted by molar-refractivity contribution is 5.93. The van der Waals surface area contributed by atoms with Gasteiger partial charge in [0, 0.05) is 29.8 Å². The zero-order chi connectivity index (χ0) is 18.0. The second kappa shape index (κ2) is 7.06. The van der Waals surface area contributed by atoms with Gasteiger partial charge in [-0.3, -0.25) is 5.73 Å². The molecule has 3 aromatic heterocycles. The van der Waals surface area contributed by atoms with E-state index >= 15 is 0 Å². The molecule has 0 aliphatic rings. The highest BCUT2D eigenvalue weighted by Gasteiger charge is 2.17. The fourth-order valence-corrected chi connectivity index (χ4v) is 2.73. The van der Waals surface area contributed by atoms with Gasteiger partial charge in [-0.15, -0.1) is 0 Å². The van der Waals surface area contributed by atoms with E-state index in [1.54, 1.807) is 6.20 Å². The lowest BCUT2D eigenvalue weighted by molar-refractivity contribution is -0.666. The summed E-state index contributed by atoms with van der Waals surface area (Å²) in [7, 11) is 5.97. The number of pyridine rings is 1. The number of likely N-dealkylation sites (N-methyl/N-ethyl adjacent to an activating group) is 1. The summed E-state index contributed by atoms with van der Waals surface area (Å²) in [5.41, 5.74) is 9.82. The lowest BCUT2D eigenvalue weighted by Crippen LogP contribution is -2.38. The van der Waals surface area contributed by atoms with E-state index < -0.39 is 0 Å². The van der Waals surface area contributed by atoms with E-state index in [4.69, 9.17) is 10.5 Å². The maximum absolute atomic E-state index is 6.07. The number of nitrogen functional groups attached to an aromatic ring is 1. The molecule has 0 saturated carbocycles. The molecule has 0 bridgehead atoms. The first-order chi connectivity index (χ1) is 12.0. The molecule has 3 N–H and O–H groups in total. The van der Waals surface area contributed by atoms with Gasteiger partial charge < -0.3 is 14.6 Å². The van der Waals surface area contributed by atoms with E-state index in [0.717, 1.165) is 46.7 Å². The van der Waals surface area contributed by atoms with E-state index in [-0.39, 0.29) is 0 Å². The Kier molecular flexibility index (Phi) is 4.85. The topological polar surface area (TPSA) is 83.9 Å². The maximum atomic E-state index is 6.07. The number of ether oxygens (including phenoxy) is 1. The maximum Gasteiger partial charge on any atom is 0.389 e. The molecule has 0 unspecified atom stereocenters. The third-order valence-corrected chi connectivity index (χ3v) is 4.26. The van der Waals surface area contributed by atoms with Crippen LogP contribution in [0.2, 0.25) is 0 Å². The number of aromatic nitrogens is 4. The summed E-state index contributed by atoms with van der Waals surface area (Å²) in [5.74, 6) is 1.25. The van der Waals surface area contributed by atoms with Crippen molar-refractivity contribution in [3.05, 3.63) is 30.2 Å². The van der Waals surface area contributed by atoms with E-state index in [0.29, 0.717) is 12.6 Å². The van der Waals surface area contributed by atoms with Crippen molar-refractivity contribution in [3.8, 4) is 17.0 Å². The van der Waals surface area contributed by atoms with E-state index in [2.05, 4.69) is 32.8 Å². The van der Waals surface area contributed by atoms with Gasteiger partial charge in [0.05, 0.1) is 18.9 Å². The molecule has 3 rings (SSSR count). The fourth-order valence-electron chi connectivity index (χ4n) is 2.73. The average molecular weight is 341 g/mol. The summed E-state index contributed by atoms with van der Waals surface area (Å²) < 4.78 is 7.71. The Morgan fingerprint density at radius 2 is 2.12 bits per heavy atom. The summed E-state index contributed by atoms with van der Waals surface area (Å²) in [6.45, 7) is 3.57. The molecule has 0 fully saturated rings. The predicted molar refractivity (Wildman–Crippen MR) is 98.3 cm³/mol. The average Bonchev–Trinajstić information content (AvgIpc) is 3.00. The van der Waals surface area contributed by atoms with Gasteiger partial charge >= 0.3 is 5.95 Å². The largest absolute Gasteiger partial charge is 0.491 e. The minimum atomic E-state index is 0.495. The van der Waals surface area contributed by atoms with Crippen LogP contribution in [-0.4, -0.2) is 47.1 Å². The van der Waals surface area contributed by atoms with E-state index in [1.807, 2.05) is 38.0 Å². The van der Waals surface area contributed by atoms with Crippen LogP contribution in [0.1, 0.15) is 12.6 Å². The van der Waals surface area contributed by atoms with Gasteiger partial charge in [-0.1, -0.05) is 11.9 Å². The van der Waals surface area contributed by atoms with Crippen LogP contribution >= 0.6 is 0 Å². The first-order valence-corrected chi connectivity index (χ1v) is 8.40. The lowest BCUT2D eigenvalue weighted by atomic mass is 10.1. The highest BCUT2D eigenvalue weighted by Crippen LogP contribution is 2.29. The Hall–Kier alpha value is -2.67. The quantitative estimate of drug-likeness (QED) is 0.664. The Morgan fingerprint density at radius 3 is 2.84 bits per heavy atom. The number of anilines is 1. The third kappa shape index (κ3) is 3.56. The molecule has 132 valence electrons. The first kappa shape index (κ1) is 17.2. The number of hydrogen-bond acceptors (Lipinski definition) is 5. The molecular weight excluding hydrogens is 316 g/mol. The number of hydrogen-bond donors (Lipinski definition) is 2. The zero-order valence-electron chi connectivity index (χ0n) is 15.2. The van der Waals surface area contributed by atoms with Crippen molar-refractivity contribution in [2.75, 3.05) is 33.0 Å². The molecule has 3 heterocycles. The van der Waals surface area contributed by atoms with Crippen molar-refractivity contribution in [2.45, 2.75) is 13.3 Å². The summed E-state index contributed by atoms with van der Waals surface area (Å²) in [6.07, 6.45) is 4.54. The Bertz CT molecular complexity index is 887. The van der Waals surface area contributed by atoms with Crippen molar-refractivity contribution >= 4 is 17.0 Å². The second-order valence-electron chi connectivity index (χ2n) is 6.32. The number of fused-ring (bicyclic) bond motifs is 1. The molecule has 0 aliphatic heterocycles. The molecule has 0 saturated heterocycles. The molecule has 0 aromatic carbocycles. The molecule has 0 aliphatic carbocycles. The summed E-state index contributed by atoms with van der Waals surface area (Å²) in [4.78, 5) is 14.3. The van der Waals surface area contributed by atoms with Crippen molar-refractivity contribution in [2.24, 2.45) is 7.05 Å². The van der Waals surface area contributed by atoms with Crippen LogP contribution < -0.4 is 15.0 Å². The minimum Gasteiger partial charge on any atom is -0.491 e. The highest BCUT2D eigenvalue weighted by atomic mass is 16.5. The number of H-pyrrole nitrogens is 1. The van der Waals surface area contributed by atoms with Crippen LogP contribution in [0.5, 0.6) is 5.75 Å². The van der Waals surface area contributed by atoms with Crippen LogP contribution in [0.3, 0.4) is 0 Å². The van der Waals surface area contributed by atoms with Gasteiger partial charge in [-0.2, -0.15) is 0 Å². The number of rotatable bonds is 6. The molecule has 3 aromatic rings. The first-order valence-electron chi connectivity index (χ1n) is 8.40. The van der Waals surface area contributed by atoms with Gasteiger partial charge in [-0.05, 0) is 26.6 Å². The van der Waals surface area contributed by atoms with Gasteiger partial charge in [0.1, 0.15) is 18.0 Å². The number of aromatic amines is 1. The monoisotopic (exact) mass is 341 g/mol. The van der Waals surface area contributed by atoms with Gasteiger partial charge in [0.2, 0.25) is 0 Å². The van der Waals surface area contributed by atoms with Crippen molar-refractivity contribution in [3.63, 3.8) is 0 Å². The number of nitrogens with zero attached hydrogens (tertiary/aromatic N) is 4. The number of aryl methyl sites for hydroxylation is 1. The third-order valence-electron chi connectivity index (χ3n) is 4.26. The van der Waals surface area contributed by atoms with Crippen molar-refractivity contribution < 1.29 is 9.30 Å². The van der Waals surface area contributed by atoms with Crippen LogP contribution in [0.25, 0.3) is 22.3 Å². The number of nitrogens with one attached hydrogen (secondary N) is 1. The molecule has 7 heteroatoms. The lowest BCUT2D eigenvalue weighted by Gasteiger charge is -2.10. The Labute approximate surface area is 147 Å². The van der Waals surface area contributed by atoms with E-state index in [9.17, 15) is 0 Å². The normalized spacial score (nSPS) is 11.4. The van der Waals surface area contributed by atoms with Crippen LogP contribution in [-0.2, 0) is 13.5 Å². The zero-order valence-corrected chi connectivity index (χ0v) is 15.2. The minimum absolute atomic E-state index is 0.495. The molecule has 0 spiro atoms. The Morgan fingerprint density at radius 1 is 1.32 bits per heavy atom. The summed E-state index contributed by atoms with van der Waals surface area (Å²) in [5, 5.41) is 0.977. The molecule has 7 nitrogen and oxygen atoms in total. The summed E-state index contributed by atoms with van der Waals surface area (Å²) >= 11 is 0. The molecule has 0 atom stereocenters. The van der Waals surface area contributed by atoms with Gasteiger partial charge in [-0.25, -0.2) is 9.55 Å².